The van der Waals surface area contributed by atoms with E-state index in [9.17, 15) is 9.18 Å². The van der Waals surface area contributed by atoms with Crippen LogP contribution in [0.1, 0.15) is 49.7 Å². The maximum Gasteiger partial charge on any atom is 0.317 e. The SMILES string of the molecule is CC(C)c1ccc2c(C3CCN(CCN4CCNC4=O)CC3)cn(-c3ccc(F)cc3)c2c1. The van der Waals surface area contributed by atoms with Gasteiger partial charge in [0.2, 0.25) is 0 Å². The summed E-state index contributed by atoms with van der Waals surface area (Å²) < 4.78 is 15.8. The molecule has 33 heavy (non-hydrogen) atoms. The molecule has 174 valence electrons. The van der Waals surface area contributed by atoms with Crippen molar-refractivity contribution < 1.29 is 9.18 Å². The molecule has 2 aliphatic rings. The van der Waals surface area contributed by atoms with E-state index in [1.165, 1.54) is 34.2 Å². The fourth-order valence-electron chi connectivity index (χ4n) is 5.22. The second kappa shape index (κ2) is 9.18. The summed E-state index contributed by atoms with van der Waals surface area (Å²) in [5.74, 6) is 0.748. The predicted molar refractivity (Wildman–Crippen MR) is 131 cm³/mol. The number of carbonyl (C=O) groups is 1. The van der Waals surface area contributed by atoms with E-state index in [4.69, 9.17) is 0 Å². The van der Waals surface area contributed by atoms with Crippen molar-refractivity contribution >= 4 is 16.9 Å². The minimum Gasteiger partial charge on any atom is -0.336 e. The van der Waals surface area contributed by atoms with Crippen molar-refractivity contribution in [2.24, 2.45) is 0 Å². The number of amides is 2. The standard InChI is InChI=1S/C27H33FN4O/c1-19(2)21-3-8-24-25(18-32(26(24)17-21)23-6-4-22(28)5-7-23)20-9-12-30(13-10-20)15-16-31-14-11-29-27(31)33/h3-8,17-20H,9-16H2,1-2H3,(H,29,33). The molecule has 2 saturated heterocycles. The summed E-state index contributed by atoms with van der Waals surface area (Å²) in [5, 5.41) is 4.18. The Kier molecular flexibility index (Phi) is 6.11. The highest BCUT2D eigenvalue weighted by molar-refractivity contribution is 5.87. The second-order valence-electron chi connectivity index (χ2n) is 9.70. The number of halogens is 1. The number of nitrogens with one attached hydrogen (secondary N) is 1. The van der Waals surface area contributed by atoms with Gasteiger partial charge in [0.05, 0.1) is 5.52 Å². The van der Waals surface area contributed by atoms with Crippen LogP contribution >= 0.6 is 0 Å². The zero-order chi connectivity index (χ0) is 22.9. The van der Waals surface area contributed by atoms with Crippen molar-refractivity contribution in [2.75, 3.05) is 39.3 Å². The van der Waals surface area contributed by atoms with Gasteiger partial charge in [0, 0.05) is 43.4 Å². The average molecular weight is 449 g/mol. The molecule has 2 aliphatic heterocycles. The van der Waals surface area contributed by atoms with Crippen LogP contribution in [0.3, 0.4) is 0 Å². The molecule has 1 N–H and O–H groups in total. The number of rotatable bonds is 6. The third-order valence-electron chi connectivity index (χ3n) is 7.29. The Hall–Kier alpha value is -2.86. The van der Waals surface area contributed by atoms with E-state index < -0.39 is 0 Å². The average Bonchev–Trinajstić information content (AvgIpc) is 3.41. The smallest absolute Gasteiger partial charge is 0.317 e. The molecule has 6 heteroatoms. The second-order valence-corrected chi connectivity index (χ2v) is 9.70. The van der Waals surface area contributed by atoms with Gasteiger partial charge in [-0.1, -0.05) is 26.0 Å². The van der Waals surface area contributed by atoms with Crippen LogP contribution in [0.4, 0.5) is 9.18 Å². The number of piperidine rings is 1. The first-order valence-corrected chi connectivity index (χ1v) is 12.2. The Bertz CT molecular complexity index is 1130. The number of carbonyl (C=O) groups excluding carboxylic acids is 1. The van der Waals surface area contributed by atoms with Gasteiger partial charge in [0.15, 0.2) is 0 Å². The zero-order valence-electron chi connectivity index (χ0n) is 19.6. The summed E-state index contributed by atoms with van der Waals surface area (Å²) in [6.45, 7) is 9.85. The Balaban J connectivity index is 1.37. The molecule has 2 aromatic carbocycles. The molecule has 0 bridgehead atoms. The minimum absolute atomic E-state index is 0.0688. The molecule has 0 atom stereocenters. The van der Waals surface area contributed by atoms with Crippen LogP contribution in [-0.4, -0.2) is 59.7 Å². The summed E-state index contributed by atoms with van der Waals surface area (Å²) in [6, 6.07) is 13.7. The molecule has 5 nitrogen and oxygen atoms in total. The molecular weight excluding hydrogens is 415 g/mol. The zero-order valence-corrected chi connectivity index (χ0v) is 19.6. The van der Waals surface area contributed by atoms with Gasteiger partial charge in [-0.15, -0.1) is 0 Å². The van der Waals surface area contributed by atoms with E-state index in [-0.39, 0.29) is 11.8 Å². The number of hydrogen-bond donors (Lipinski definition) is 1. The molecule has 3 aromatic rings. The molecule has 3 heterocycles. The third-order valence-corrected chi connectivity index (χ3v) is 7.29. The van der Waals surface area contributed by atoms with Crippen LogP contribution < -0.4 is 5.32 Å². The monoisotopic (exact) mass is 448 g/mol. The minimum atomic E-state index is -0.211. The van der Waals surface area contributed by atoms with Crippen molar-refractivity contribution in [1.82, 2.24) is 19.7 Å². The normalized spacial score (nSPS) is 17.9. The first-order chi connectivity index (χ1) is 16.0. The van der Waals surface area contributed by atoms with Crippen LogP contribution in [-0.2, 0) is 0 Å². The number of urea groups is 1. The highest BCUT2D eigenvalue weighted by Gasteiger charge is 2.26. The number of aromatic nitrogens is 1. The van der Waals surface area contributed by atoms with Crippen LogP contribution in [0.2, 0.25) is 0 Å². The van der Waals surface area contributed by atoms with Gasteiger partial charge in [-0.05, 0) is 79.2 Å². The molecular formula is C27H33FN4O. The molecule has 0 unspecified atom stereocenters. The summed E-state index contributed by atoms with van der Waals surface area (Å²) >= 11 is 0. The topological polar surface area (TPSA) is 40.5 Å². The fraction of sp³-hybridized carbons (Fsp3) is 0.444. The molecule has 2 amide bonds. The van der Waals surface area contributed by atoms with Gasteiger partial charge < -0.3 is 19.7 Å². The van der Waals surface area contributed by atoms with Crippen LogP contribution in [0, 0.1) is 5.82 Å². The van der Waals surface area contributed by atoms with Crippen molar-refractivity contribution in [3.8, 4) is 5.69 Å². The number of benzene rings is 2. The quantitative estimate of drug-likeness (QED) is 0.570. The van der Waals surface area contributed by atoms with Gasteiger partial charge in [0.1, 0.15) is 5.82 Å². The van der Waals surface area contributed by atoms with E-state index in [2.05, 4.69) is 53.0 Å². The van der Waals surface area contributed by atoms with Crippen molar-refractivity contribution in [2.45, 2.75) is 38.5 Å². The Morgan fingerprint density at radius 2 is 1.79 bits per heavy atom. The van der Waals surface area contributed by atoms with Crippen molar-refractivity contribution in [3.63, 3.8) is 0 Å². The van der Waals surface area contributed by atoms with E-state index in [0.29, 0.717) is 11.8 Å². The van der Waals surface area contributed by atoms with E-state index in [1.807, 2.05) is 17.0 Å². The predicted octanol–water partition coefficient (Wildman–Crippen LogP) is 5.10. The largest absolute Gasteiger partial charge is 0.336 e. The highest BCUT2D eigenvalue weighted by Crippen LogP contribution is 2.37. The summed E-state index contributed by atoms with van der Waals surface area (Å²) in [6.07, 6.45) is 4.50. The Morgan fingerprint density at radius 3 is 2.45 bits per heavy atom. The van der Waals surface area contributed by atoms with Gasteiger partial charge in [-0.25, -0.2) is 9.18 Å². The van der Waals surface area contributed by atoms with Gasteiger partial charge in [0.25, 0.3) is 0 Å². The van der Waals surface area contributed by atoms with Crippen LogP contribution in [0.25, 0.3) is 16.6 Å². The molecule has 5 rings (SSSR count). The summed E-state index contributed by atoms with van der Waals surface area (Å²) in [5.41, 5.74) is 4.90. The fourth-order valence-corrected chi connectivity index (χ4v) is 5.22. The van der Waals surface area contributed by atoms with E-state index >= 15 is 0 Å². The maximum atomic E-state index is 13.6. The lowest BCUT2D eigenvalue weighted by Crippen LogP contribution is -2.40. The van der Waals surface area contributed by atoms with E-state index in [1.54, 1.807) is 0 Å². The summed E-state index contributed by atoms with van der Waals surface area (Å²) in [7, 11) is 0. The van der Waals surface area contributed by atoms with Crippen LogP contribution in [0.15, 0.2) is 48.7 Å². The van der Waals surface area contributed by atoms with E-state index in [0.717, 1.165) is 57.8 Å². The third kappa shape index (κ3) is 4.49. The number of nitrogens with zero attached hydrogens (tertiary/aromatic N) is 3. The number of fused-ring (bicyclic) bond motifs is 1. The lowest BCUT2D eigenvalue weighted by Gasteiger charge is -2.32. The molecule has 0 aliphatic carbocycles. The molecule has 1 aromatic heterocycles. The molecule has 2 fully saturated rings. The Morgan fingerprint density at radius 1 is 1.03 bits per heavy atom. The lowest BCUT2D eigenvalue weighted by atomic mass is 9.88. The summed E-state index contributed by atoms with van der Waals surface area (Å²) in [4.78, 5) is 16.2. The molecule has 0 radical (unpaired) electrons. The lowest BCUT2D eigenvalue weighted by molar-refractivity contribution is 0.181. The van der Waals surface area contributed by atoms with Gasteiger partial charge in [-0.3, -0.25) is 0 Å². The van der Waals surface area contributed by atoms with Gasteiger partial charge in [-0.2, -0.15) is 0 Å². The van der Waals surface area contributed by atoms with Crippen molar-refractivity contribution in [3.05, 3.63) is 65.6 Å². The number of hydrogen-bond acceptors (Lipinski definition) is 2. The van der Waals surface area contributed by atoms with Gasteiger partial charge >= 0.3 is 6.03 Å². The van der Waals surface area contributed by atoms with Crippen LogP contribution in [0.5, 0.6) is 0 Å². The Labute approximate surface area is 195 Å². The maximum absolute atomic E-state index is 13.6. The molecule has 0 spiro atoms. The first-order valence-electron chi connectivity index (χ1n) is 12.2. The first kappa shape index (κ1) is 22.0. The van der Waals surface area contributed by atoms with Crippen molar-refractivity contribution in [1.29, 1.82) is 0 Å². The highest BCUT2D eigenvalue weighted by atomic mass is 19.1. The molecule has 0 saturated carbocycles. The number of likely N-dealkylation sites (tertiary alicyclic amines) is 1.